The molecule has 6 heteroatoms. The van der Waals surface area contributed by atoms with Crippen molar-refractivity contribution in [2.24, 2.45) is 5.84 Å². The van der Waals surface area contributed by atoms with Gasteiger partial charge in [0.05, 0.1) is 6.10 Å². The second kappa shape index (κ2) is 5.62. The van der Waals surface area contributed by atoms with Crippen LogP contribution in [-0.4, -0.2) is 29.7 Å². The van der Waals surface area contributed by atoms with Gasteiger partial charge in [0.15, 0.2) is 0 Å². The van der Waals surface area contributed by atoms with Crippen LogP contribution in [0.3, 0.4) is 0 Å². The van der Waals surface area contributed by atoms with E-state index in [0.717, 1.165) is 11.4 Å². The average molecular weight is 225 g/mol. The van der Waals surface area contributed by atoms with Gasteiger partial charge in [-0.05, 0) is 20.8 Å². The molecule has 0 fully saturated rings. The number of aromatic nitrogens is 2. The van der Waals surface area contributed by atoms with Crippen LogP contribution >= 0.6 is 0 Å². The molecule has 0 aliphatic rings. The fraction of sp³-hybridized carbons (Fsp3) is 0.600. The number of aryl methyl sites for hydroxylation is 1. The van der Waals surface area contributed by atoms with Crippen LogP contribution in [-0.2, 0) is 4.74 Å². The van der Waals surface area contributed by atoms with Crippen LogP contribution in [0.4, 0.5) is 11.6 Å². The highest BCUT2D eigenvalue weighted by Crippen LogP contribution is 2.18. The highest BCUT2D eigenvalue weighted by Gasteiger charge is 2.08. The van der Waals surface area contributed by atoms with E-state index in [-0.39, 0.29) is 6.10 Å². The monoisotopic (exact) mass is 225 g/mol. The lowest BCUT2D eigenvalue weighted by Crippen LogP contribution is -2.20. The Morgan fingerprint density at radius 2 is 1.94 bits per heavy atom. The number of anilines is 2. The Hall–Kier alpha value is -1.40. The first-order valence-corrected chi connectivity index (χ1v) is 5.17. The molecule has 0 saturated heterocycles. The third-order valence-electron chi connectivity index (χ3n) is 2.35. The maximum absolute atomic E-state index is 5.38. The predicted octanol–water partition coefficient (Wildman–Crippen LogP) is 0.826. The standard InChI is InChI=1S/C10H19N5O/c1-6(16-4)5-12-9-7(2)10(15-11)14-8(3)13-9/h6H,5,11H2,1-4H3,(H2,12,13,14,15). The molecule has 0 saturated carbocycles. The van der Waals surface area contributed by atoms with E-state index < -0.39 is 0 Å². The number of hydrogen-bond acceptors (Lipinski definition) is 6. The second-order valence-corrected chi connectivity index (χ2v) is 3.66. The zero-order valence-electron chi connectivity index (χ0n) is 10.2. The van der Waals surface area contributed by atoms with Gasteiger partial charge in [0.25, 0.3) is 0 Å². The lowest BCUT2D eigenvalue weighted by atomic mass is 10.3. The number of hydrazine groups is 1. The summed E-state index contributed by atoms with van der Waals surface area (Å²) >= 11 is 0. The molecule has 4 N–H and O–H groups in total. The molecule has 90 valence electrons. The molecule has 1 heterocycles. The van der Waals surface area contributed by atoms with Crippen molar-refractivity contribution in [1.29, 1.82) is 0 Å². The second-order valence-electron chi connectivity index (χ2n) is 3.66. The van der Waals surface area contributed by atoms with Crippen molar-refractivity contribution in [3.63, 3.8) is 0 Å². The Bertz CT molecular complexity index is 355. The van der Waals surface area contributed by atoms with Gasteiger partial charge in [0.1, 0.15) is 17.5 Å². The van der Waals surface area contributed by atoms with Gasteiger partial charge in [0, 0.05) is 19.2 Å². The van der Waals surface area contributed by atoms with Crippen molar-refractivity contribution >= 4 is 11.6 Å². The highest BCUT2D eigenvalue weighted by atomic mass is 16.5. The van der Waals surface area contributed by atoms with Gasteiger partial charge in [-0.3, -0.25) is 0 Å². The molecule has 1 rings (SSSR count). The van der Waals surface area contributed by atoms with Gasteiger partial charge in [-0.2, -0.15) is 0 Å². The van der Waals surface area contributed by atoms with E-state index in [4.69, 9.17) is 10.6 Å². The quantitative estimate of drug-likeness (QED) is 0.508. The van der Waals surface area contributed by atoms with Crippen molar-refractivity contribution in [2.45, 2.75) is 26.9 Å². The Morgan fingerprint density at radius 1 is 1.31 bits per heavy atom. The van der Waals surface area contributed by atoms with Crippen LogP contribution in [0.25, 0.3) is 0 Å². The Morgan fingerprint density at radius 3 is 2.50 bits per heavy atom. The third-order valence-corrected chi connectivity index (χ3v) is 2.35. The summed E-state index contributed by atoms with van der Waals surface area (Å²) in [6, 6.07) is 0. The number of nitrogens with two attached hydrogens (primary N) is 1. The van der Waals surface area contributed by atoms with Gasteiger partial charge in [-0.25, -0.2) is 15.8 Å². The number of rotatable bonds is 5. The molecule has 0 bridgehead atoms. The molecule has 1 aromatic heterocycles. The molecule has 0 aliphatic heterocycles. The normalized spacial score (nSPS) is 12.3. The minimum Gasteiger partial charge on any atom is -0.380 e. The molecule has 0 spiro atoms. The summed E-state index contributed by atoms with van der Waals surface area (Å²) < 4.78 is 5.15. The lowest BCUT2D eigenvalue weighted by molar-refractivity contribution is 0.128. The molecule has 16 heavy (non-hydrogen) atoms. The molecule has 0 aliphatic carbocycles. The van der Waals surface area contributed by atoms with E-state index in [9.17, 15) is 0 Å². The first kappa shape index (κ1) is 12.7. The van der Waals surface area contributed by atoms with Crippen LogP contribution in [0.2, 0.25) is 0 Å². The molecular weight excluding hydrogens is 206 g/mol. The zero-order chi connectivity index (χ0) is 12.1. The fourth-order valence-electron chi connectivity index (χ4n) is 1.26. The summed E-state index contributed by atoms with van der Waals surface area (Å²) in [5.74, 6) is 7.47. The van der Waals surface area contributed by atoms with Crippen molar-refractivity contribution in [1.82, 2.24) is 9.97 Å². The van der Waals surface area contributed by atoms with Gasteiger partial charge in [-0.15, -0.1) is 0 Å². The summed E-state index contributed by atoms with van der Waals surface area (Å²) in [5.41, 5.74) is 3.46. The molecule has 1 unspecified atom stereocenters. The summed E-state index contributed by atoms with van der Waals surface area (Å²) in [4.78, 5) is 8.49. The molecule has 1 atom stereocenters. The summed E-state index contributed by atoms with van der Waals surface area (Å²) in [6.07, 6.45) is 0.129. The van der Waals surface area contributed by atoms with E-state index >= 15 is 0 Å². The first-order valence-electron chi connectivity index (χ1n) is 5.17. The molecular formula is C10H19N5O. The topological polar surface area (TPSA) is 85.1 Å². The molecule has 0 aromatic carbocycles. The van der Waals surface area contributed by atoms with Gasteiger partial charge >= 0.3 is 0 Å². The number of nitrogens with one attached hydrogen (secondary N) is 2. The van der Waals surface area contributed by atoms with E-state index in [1.165, 1.54) is 0 Å². The van der Waals surface area contributed by atoms with E-state index in [1.807, 2.05) is 20.8 Å². The Kier molecular flexibility index (Phi) is 4.45. The summed E-state index contributed by atoms with van der Waals surface area (Å²) in [6.45, 7) is 6.41. The predicted molar refractivity (Wildman–Crippen MR) is 64.3 cm³/mol. The minimum absolute atomic E-state index is 0.129. The summed E-state index contributed by atoms with van der Waals surface area (Å²) in [7, 11) is 1.68. The van der Waals surface area contributed by atoms with Gasteiger partial charge in [-0.1, -0.05) is 0 Å². The van der Waals surface area contributed by atoms with Crippen LogP contribution in [0.15, 0.2) is 0 Å². The van der Waals surface area contributed by atoms with Crippen LogP contribution in [0.5, 0.6) is 0 Å². The number of ether oxygens (including phenoxy) is 1. The third kappa shape index (κ3) is 3.04. The number of methoxy groups -OCH3 is 1. The molecule has 6 nitrogen and oxygen atoms in total. The highest BCUT2D eigenvalue weighted by molar-refractivity contribution is 5.56. The maximum atomic E-state index is 5.38. The fourth-order valence-corrected chi connectivity index (χ4v) is 1.26. The van der Waals surface area contributed by atoms with Crippen LogP contribution in [0.1, 0.15) is 18.3 Å². The lowest BCUT2D eigenvalue weighted by Gasteiger charge is -2.15. The van der Waals surface area contributed by atoms with Crippen molar-refractivity contribution < 1.29 is 4.74 Å². The molecule has 0 amide bonds. The van der Waals surface area contributed by atoms with Gasteiger partial charge in [0.2, 0.25) is 0 Å². The van der Waals surface area contributed by atoms with Crippen molar-refractivity contribution in [2.75, 3.05) is 24.4 Å². The Balaban J connectivity index is 2.83. The SMILES string of the molecule is COC(C)CNc1nc(C)nc(NN)c1C. The van der Waals surface area contributed by atoms with Crippen LogP contribution in [0, 0.1) is 13.8 Å². The molecule has 0 radical (unpaired) electrons. The Labute approximate surface area is 95.6 Å². The van der Waals surface area contributed by atoms with Crippen LogP contribution < -0.4 is 16.6 Å². The number of nitrogens with zero attached hydrogens (tertiary/aromatic N) is 2. The minimum atomic E-state index is 0.129. The van der Waals surface area contributed by atoms with Gasteiger partial charge < -0.3 is 15.5 Å². The van der Waals surface area contributed by atoms with Crippen molar-refractivity contribution in [3.8, 4) is 0 Å². The largest absolute Gasteiger partial charge is 0.380 e. The van der Waals surface area contributed by atoms with E-state index in [1.54, 1.807) is 7.11 Å². The smallest absolute Gasteiger partial charge is 0.148 e. The number of nitrogen functional groups attached to an aromatic ring is 1. The van der Waals surface area contributed by atoms with E-state index in [0.29, 0.717) is 18.2 Å². The van der Waals surface area contributed by atoms with E-state index in [2.05, 4.69) is 20.7 Å². The first-order chi connectivity index (χ1) is 7.58. The average Bonchev–Trinajstić information content (AvgIpc) is 2.29. The summed E-state index contributed by atoms with van der Waals surface area (Å²) in [5, 5.41) is 3.21. The molecule has 1 aromatic rings. The maximum Gasteiger partial charge on any atom is 0.148 e. The van der Waals surface area contributed by atoms with Crippen molar-refractivity contribution in [3.05, 3.63) is 11.4 Å². The number of hydrogen-bond donors (Lipinski definition) is 3. The zero-order valence-corrected chi connectivity index (χ0v) is 10.2.